The molecule has 5 nitrogen and oxygen atoms in total. The molecule has 0 aliphatic heterocycles. The van der Waals surface area contributed by atoms with Crippen LogP contribution in [0.3, 0.4) is 0 Å². The van der Waals surface area contributed by atoms with Crippen LogP contribution in [0.15, 0.2) is 84.0 Å². The first-order chi connectivity index (χ1) is 18.2. The van der Waals surface area contributed by atoms with E-state index in [0.29, 0.717) is 24.7 Å². The molecule has 4 aromatic carbocycles. The van der Waals surface area contributed by atoms with Gasteiger partial charge in [-0.25, -0.2) is 5.43 Å². The van der Waals surface area contributed by atoms with Crippen LogP contribution < -0.4 is 14.9 Å². The fourth-order valence-electron chi connectivity index (χ4n) is 4.16. The van der Waals surface area contributed by atoms with Crippen molar-refractivity contribution in [2.24, 2.45) is 5.10 Å². The fourth-order valence-corrected chi connectivity index (χ4v) is 4.94. The SMILES string of the molecule is CCOc1cc(C=NNC(=O)Cc2ccc(C(C)(C)C)cc2)cc(I)c1OCc1cccc2ccccc12. The molecule has 4 rings (SSSR count). The lowest BCUT2D eigenvalue weighted by atomic mass is 9.86. The fraction of sp³-hybridized carbons (Fsp3) is 0.250. The molecule has 0 saturated heterocycles. The van der Waals surface area contributed by atoms with Gasteiger partial charge in [-0.15, -0.1) is 0 Å². The zero-order valence-electron chi connectivity index (χ0n) is 22.3. The van der Waals surface area contributed by atoms with E-state index in [1.165, 1.54) is 16.3 Å². The van der Waals surface area contributed by atoms with Gasteiger partial charge in [0.05, 0.1) is 22.8 Å². The van der Waals surface area contributed by atoms with Crippen molar-refractivity contribution in [1.29, 1.82) is 0 Å². The van der Waals surface area contributed by atoms with Crippen LogP contribution in [0, 0.1) is 3.57 Å². The van der Waals surface area contributed by atoms with Crippen LogP contribution in [-0.2, 0) is 23.2 Å². The number of carbonyl (C=O) groups is 1. The van der Waals surface area contributed by atoms with E-state index in [9.17, 15) is 4.79 Å². The van der Waals surface area contributed by atoms with E-state index in [4.69, 9.17) is 9.47 Å². The number of carbonyl (C=O) groups excluding carboxylic acids is 1. The van der Waals surface area contributed by atoms with Crippen LogP contribution in [0.1, 0.15) is 49.9 Å². The van der Waals surface area contributed by atoms with Gasteiger partial charge in [-0.2, -0.15) is 5.10 Å². The molecule has 1 N–H and O–H groups in total. The summed E-state index contributed by atoms with van der Waals surface area (Å²) in [4.78, 5) is 12.4. The molecule has 0 bridgehead atoms. The average molecular weight is 621 g/mol. The van der Waals surface area contributed by atoms with E-state index in [0.717, 1.165) is 20.3 Å². The number of benzene rings is 4. The summed E-state index contributed by atoms with van der Waals surface area (Å²) >= 11 is 2.25. The molecule has 0 aromatic heterocycles. The predicted molar refractivity (Wildman–Crippen MR) is 163 cm³/mol. The summed E-state index contributed by atoms with van der Waals surface area (Å²) in [5, 5.41) is 6.53. The summed E-state index contributed by atoms with van der Waals surface area (Å²) in [5.41, 5.74) is 6.83. The van der Waals surface area contributed by atoms with Crippen molar-refractivity contribution in [3.8, 4) is 11.5 Å². The molecular formula is C32H33IN2O3. The summed E-state index contributed by atoms with van der Waals surface area (Å²) < 4.78 is 13.1. The Morgan fingerprint density at radius 2 is 1.71 bits per heavy atom. The maximum absolute atomic E-state index is 12.4. The summed E-state index contributed by atoms with van der Waals surface area (Å²) in [6.07, 6.45) is 1.89. The molecule has 0 fully saturated rings. The molecule has 38 heavy (non-hydrogen) atoms. The maximum Gasteiger partial charge on any atom is 0.244 e. The predicted octanol–water partition coefficient (Wildman–Crippen LogP) is 7.41. The molecule has 0 saturated carbocycles. The number of hydrogen-bond donors (Lipinski definition) is 1. The standard InChI is InChI=1S/C32H33IN2O3/c1-5-37-29-18-23(20-34-35-30(36)19-22-13-15-26(16-14-22)32(2,3)4)17-28(33)31(29)38-21-25-11-8-10-24-9-6-7-12-27(24)25/h6-18,20H,5,19,21H2,1-4H3,(H,35,36). The Kier molecular flexibility index (Phi) is 9.05. The number of hydrazone groups is 1. The number of amides is 1. The Morgan fingerprint density at radius 3 is 2.45 bits per heavy atom. The number of halogens is 1. The highest BCUT2D eigenvalue weighted by Gasteiger charge is 2.14. The Morgan fingerprint density at radius 1 is 0.974 bits per heavy atom. The number of ether oxygens (including phenoxy) is 2. The van der Waals surface area contributed by atoms with Crippen molar-refractivity contribution >= 4 is 45.5 Å². The van der Waals surface area contributed by atoms with E-state index < -0.39 is 0 Å². The van der Waals surface area contributed by atoms with Crippen molar-refractivity contribution in [2.75, 3.05) is 6.61 Å². The van der Waals surface area contributed by atoms with E-state index in [2.05, 4.69) is 90.3 Å². The second kappa shape index (κ2) is 12.4. The molecule has 6 heteroatoms. The molecule has 0 heterocycles. The third-order valence-corrected chi connectivity index (χ3v) is 6.97. The largest absolute Gasteiger partial charge is 0.490 e. The molecule has 0 aliphatic rings. The number of nitrogens with one attached hydrogen (secondary N) is 1. The monoisotopic (exact) mass is 620 g/mol. The van der Waals surface area contributed by atoms with E-state index in [1.807, 2.05) is 49.4 Å². The van der Waals surface area contributed by atoms with Gasteiger partial charge in [-0.05, 0) is 80.1 Å². The molecule has 4 aromatic rings. The van der Waals surface area contributed by atoms with Crippen LogP contribution in [0.25, 0.3) is 10.8 Å². The summed E-state index contributed by atoms with van der Waals surface area (Å²) in [7, 11) is 0. The first-order valence-corrected chi connectivity index (χ1v) is 13.8. The van der Waals surface area contributed by atoms with Crippen LogP contribution in [-0.4, -0.2) is 18.7 Å². The molecule has 196 valence electrons. The van der Waals surface area contributed by atoms with Crippen molar-refractivity contribution in [1.82, 2.24) is 5.43 Å². The normalized spacial score (nSPS) is 11.6. The van der Waals surface area contributed by atoms with Gasteiger partial charge in [0, 0.05) is 0 Å². The summed E-state index contributed by atoms with van der Waals surface area (Å²) in [5.74, 6) is 1.17. The maximum atomic E-state index is 12.4. The average Bonchev–Trinajstić information content (AvgIpc) is 2.88. The summed E-state index contributed by atoms with van der Waals surface area (Å²) in [6, 6.07) is 26.5. The molecule has 0 radical (unpaired) electrons. The van der Waals surface area contributed by atoms with Crippen molar-refractivity contribution in [2.45, 2.75) is 46.1 Å². The number of nitrogens with zero attached hydrogens (tertiary/aromatic N) is 1. The quantitative estimate of drug-likeness (QED) is 0.120. The molecule has 0 unspecified atom stereocenters. The van der Waals surface area contributed by atoms with Gasteiger partial charge in [-0.3, -0.25) is 4.79 Å². The Labute approximate surface area is 238 Å². The van der Waals surface area contributed by atoms with Crippen LogP contribution in [0.5, 0.6) is 11.5 Å². The van der Waals surface area contributed by atoms with Crippen molar-refractivity contribution in [3.63, 3.8) is 0 Å². The topological polar surface area (TPSA) is 59.9 Å². The molecule has 0 aliphatic carbocycles. The van der Waals surface area contributed by atoms with E-state index in [1.54, 1.807) is 6.21 Å². The van der Waals surface area contributed by atoms with Crippen molar-refractivity contribution in [3.05, 3.63) is 105 Å². The minimum Gasteiger partial charge on any atom is -0.490 e. The summed E-state index contributed by atoms with van der Waals surface area (Å²) in [6.45, 7) is 9.39. The van der Waals surface area contributed by atoms with Crippen molar-refractivity contribution < 1.29 is 14.3 Å². The second-order valence-electron chi connectivity index (χ2n) is 10.1. The lowest BCUT2D eigenvalue weighted by Crippen LogP contribution is -2.20. The third-order valence-electron chi connectivity index (χ3n) is 6.17. The highest BCUT2D eigenvalue weighted by Crippen LogP contribution is 2.35. The van der Waals surface area contributed by atoms with Gasteiger partial charge < -0.3 is 9.47 Å². The first kappa shape index (κ1) is 27.6. The Hall–Kier alpha value is -3.39. The lowest BCUT2D eigenvalue weighted by Gasteiger charge is -2.19. The third kappa shape index (κ3) is 7.13. The van der Waals surface area contributed by atoms with Crippen LogP contribution in [0.2, 0.25) is 0 Å². The minimum absolute atomic E-state index is 0.0828. The van der Waals surface area contributed by atoms with Gasteiger partial charge in [-0.1, -0.05) is 87.5 Å². The Bertz CT molecular complexity index is 1430. The van der Waals surface area contributed by atoms with Gasteiger partial charge in [0.25, 0.3) is 0 Å². The van der Waals surface area contributed by atoms with Gasteiger partial charge >= 0.3 is 0 Å². The molecule has 0 spiro atoms. The van der Waals surface area contributed by atoms with Crippen LogP contribution in [0.4, 0.5) is 0 Å². The second-order valence-corrected chi connectivity index (χ2v) is 11.3. The molecule has 1 amide bonds. The smallest absolute Gasteiger partial charge is 0.244 e. The van der Waals surface area contributed by atoms with Gasteiger partial charge in [0.15, 0.2) is 11.5 Å². The highest BCUT2D eigenvalue weighted by molar-refractivity contribution is 14.1. The molecule has 0 atom stereocenters. The highest BCUT2D eigenvalue weighted by atomic mass is 127. The van der Waals surface area contributed by atoms with Gasteiger partial charge in [0.2, 0.25) is 5.91 Å². The Balaban J connectivity index is 1.42. The first-order valence-electron chi connectivity index (χ1n) is 12.7. The lowest BCUT2D eigenvalue weighted by molar-refractivity contribution is -0.120. The minimum atomic E-state index is -0.167. The number of hydrogen-bond acceptors (Lipinski definition) is 4. The van der Waals surface area contributed by atoms with E-state index >= 15 is 0 Å². The van der Waals surface area contributed by atoms with Gasteiger partial charge in [0.1, 0.15) is 6.61 Å². The molecular weight excluding hydrogens is 587 g/mol. The zero-order chi connectivity index (χ0) is 27.1. The van der Waals surface area contributed by atoms with Crippen LogP contribution >= 0.6 is 22.6 Å². The number of fused-ring (bicyclic) bond motifs is 1. The zero-order valence-corrected chi connectivity index (χ0v) is 24.4. The number of rotatable bonds is 9. The van der Waals surface area contributed by atoms with E-state index in [-0.39, 0.29) is 17.7 Å².